The zero-order valence-corrected chi connectivity index (χ0v) is 10.9. The van der Waals surface area contributed by atoms with E-state index in [1.54, 1.807) is 0 Å². The van der Waals surface area contributed by atoms with Gasteiger partial charge in [0.15, 0.2) is 0 Å². The van der Waals surface area contributed by atoms with Crippen molar-refractivity contribution in [2.45, 2.75) is 51.7 Å². The number of nitrogens with one attached hydrogen (secondary N) is 1. The minimum Gasteiger partial charge on any atom is -0.489 e. The molecule has 1 aliphatic rings. The SMILES string of the molecule is CCNC1CCCCC1Oc1ccc(C)cc1. The maximum absolute atomic E-state index is 6.11. The fraction of sp³-hybridized carbons (Fsp3) is 0.600. The maximum Gasteiger partial charge on any atom is 0.119 e. The van der Waals surface area contributed by atoms with Gasteiger partial charge in [-0.15, -0.1) is 0 Å². The van der Waals surface area contributed by atoms with Gasteiger partial charge in [-0.1, -0.05) is 31.0 Å². The van der Waals surface area contributed by atoms with Gasteiger partial charge in [0, 0.05) is 6.04 Å². The van der Waals surface area contributed by atoms with Gasteiger partial charge in [-0.3, -0.25) is 0 Å². The van der Waals surface area contributed by atoms with Crippen molar-refractivity contribution in [3.63, 3.8) is 0 Å². The lowest BCUT2D eigenvalue weighted by atomic mass is 9.92. The topological polar surface area (TPSA) is 21.3 Å². The molecule has 17 heavy (non-hydrogen) atoms. The molecule has 0 saturated heterocycles. The molecule has 94 valence electrons. The first kappa shape index (κ1) is 12.4. The Morgan fingerprint density at radius 1 is 1.18 bits per heavy atom. The quantitative estimate of drug-likeness (QED) is 0.861. The highest BCUT2D eigenvalue weighted by molar-refractivity contribution is 5.26. The molecule has 1 N–H and O–H groups in total. The zero-order valence-electron chi connectivity index (χ0n) is 10.9. The Morgan fingerprint density at radius 2 is 1.88 bits per heavy atom. The molecule has 0 radical (unpaired) electrons. The van der Waals surface area contributed by atoms with Crippen LogP contribution in [0.2, 0.25) is 0 Å². The molecule has 2 rings (SSSR count). The molecule has 1 fully saturated rings. The van der Waals surface area contributed by atoms with E-state index >= 15 is 0 Å². The fourth-order valence-electron chi connectivity index (χ4n) is 2.53. The first-order valence-electron chi connectivity index (χ1n) is 6.76. The van der Waals surface area contributed by atoms with Gasteiger partial charge in [0.05, 0.1) is 0 Å². The highest BCUT2D eigenvalue weighted by Crippen LogP contribution is 2.24. The molecular formula is C15H23NO. The molecule has 1 saturated carbocycles. The van der Waals surface area contributed by atoms with Crippen LogP contribution in [-0.4, -0.2) is 18.7 Å². The van der Waals surface area contributed by atoms with Crippen molar-refractivity contribution < 1.29 is 4.74 Å². The lowest BCUT2D eigenvalue weighted by molar-refractivity contribution is 0.115. The summed E-state index contributed by atoms with van der Waals surface area (Å²) in [6.07, 6.45) is 5.37. The molecule has 2 atom stereocenters. The monoisotopic (exact) mass is 233 g/mol. The summed E-state index contributed by atoms with van der Waals surface area (Å²) in [5, 5.41) is 3.54. The Morgan fingerprint density at radius 3 is 2.59 bits per heavy atom. The molecular weight excluding hydrogens is 210 g/mol. The smallest absolute Gasteiger partial charge is 0.119 e. The van der Waals surface area contributed by atoms with Gasteiger partial charge >= 0.3 is 0 Å². The van der Waals surface area contributed by atoms with Gasteiger partial charge in [0.2, 0.25) is 0 Å². The van der Waals surface area contributed by atoms with Crippen LogP contribution in [0.3, 0.4) is 0 Å². The van der Waals surface area contributed by atoms with E-state index in [0.29, 0.717) is 12.1 Å². The number of hydrogen-bond acceptors (Lipinski definition) is 2. The summed E-state index contributed by atoms with van der Waals surface area (Å²) in [4.78, 5) is 0. The first-order valence-corrected chi connectivity index (χ1v) is 6.76. The summed E-state index contributed by atoms with van der Waals surface area (Å²) in [5.74, 6) is 1.01. The molecule has 1 aromatic rings. The van der Waals surface area contributed by atoms with Crippen LogP contribution in [0.25, 0.3) is 0 Å². The van der Waals surface area contributed by atoms with Crippen LogP contribution in [0.5, 0.6) is 5.75 Å². The summed E-state index contributed by atoms with van der Waals surface area (Å²) in [6, 6.07) is 8.90. The average molecular weight is 233 g/mol. The van der Waals surface area contributed by atoms with Gasteiger partial charge in [-0.25, -0.2) is 0 Å². The number of rotatable bonds is 4. The van der Waals surface area contributed by atoms with Crippen LogP contribution in [0, 0.1) is 6.92 Å². The lowest BCUT2D eigenvalue weighted by Gasteiger charge is -2.32. The van der Waals surface area contributed by atoms with Crippen LogP contribution in [0.4, 0.5) is 0 Å². The Kier molecular flexibility index (Phi) is 4.43. The number of ether oxygens (including phenoxy) is 1. The highest BCUT2D eigenvalue weighted by atomic mass is 16.5. The fourth-order valence-corrected chi connectivity index (χ4v) is 2.53. The van der Waals surface area contributed by atoms with Gasteiger partial charge in [0.25, 0.3) is 0 Å². The Hall–Kier alpha value is -1.02. The van der Waals surface area contributed by atoms with Crippen molar-refractivity contribution in [1.29, 1.82) is 0 Å². The normalized spacial score (nSPS) is 24.6. The molecule has 2 nitrogen and oxygen atoms in total. The third-order valence-electron chi connectivity index (χ3n) is 3.48. The molecule has 1 aromatic carbocycles. The molecule has 0 amide bonds. The molecule has 0 aliphatic heterocycles. The van der Waals surface area contributed by atoms with Crippen molar-refractivity contribution >= 4 is 0 Å². The van der Waals surface area contributed by atoms with Gasteiger partial charge < -0.3 is 10.1 Å². The molecule has 2 heteroatoms. The molecule has 0 bridgehead atoms. The Bertz CT molecular complexity index is 331. The third kappa shape index (κ3) is 3.47. The van der Waals surface area contributed by atoms with E-state index in [4.69, 9.17) is 4.74 Å². The minimum atomic E-state index is 0.339. The van der Waals surface area contributed by atoms with Gasteiger partial charge in [-0.05, 0) is 44.9 Å². The predicted molar refractivity (Wildman–Crippen MR) is 71.5 cm³/mol. The first-order chi connectivity index (χ1) is 8.29. The second kappa shape index (κ2) is 6.06. The average Bonchev–Trinajstić information content (AvgIpc) is 2.35. The summed E-state index contributed by atoms with van der Waals surface area (Å²) in [6.45, 7) is 5.29. The molecule has 0 spiro atoms. The van der Waals surface area contributed by atoms with Crippen molar-refractivity contribution in [3.05, 3.63) is 29.8 Å². The number of likely N-dealkylation sites (N-methyl/N-ethyl adjacent to an activating group) is 1. The Labute approximate surface area is 104 Å². The summed E-state index contributed by atoms with van der Waals surface area (Å²) in [5.41, 5.74) is 1.28. The molecule has 2 unspecified atom stereocenters. The lowest BCUT2D eigenvalue weighted by Crippen LogP contribution is -2.45. The van der Waals surface area contributed by atoms with E-state index in [1.165, 1.54) is 31.2 Å². The number of benzene rings is 1. The van der Waals surface area contributed by atoms with E-state index < -0.39 is 0 Å². The minimum absolute atomic E-state index is 0.339. The number of hydrogen-bond donors (Lipinski definition) is 1. The van der Waals surface area contributed by atoms with Crippen molar-refractivity contribution in [3.8, 4) is 5.75 Å². The van der Waals surface area contributed by atoms with E-state index in [-0.39, 0.29) is 0 Å². The van der Waals surface area contributed by atoms with E-state index in [1.807, 2.05) is 0 Å². The molecule has 0 aromatic heterocycles. The molecule has 0 heterocycles. The molecule has 1 aliphatic carbocycles. The van der Waals surface area contributed by atoms with Crippen LogP contribution in [-0.2, 0) is 0 Å². The second-order valence-corrected chi connectivity index (χ2v) is 4.92. The van der Waals surface area contributed by atoms with E-state index in [2.05, 4.69) is 43.4 Å². The van der Waals surface area contributed by atoms with E-state index in [9.17, 15) is 0 Å². The highest BCUT2D eigenvalue weighted by Gasteiger charge is 2.25. The van der Waals surface area contributed by atoms with Crippen molar-refractivity contribution in [2.75, 3.05) is 6.54 Å². The largest absolute Gasteiger partial charge is 0.489 e. The van der Waals surface area contributed by atoms with Crippen LogP contribution >= 0.6 is 0 Å². The maximum atomic E-state index is 6.11. The van der Waals surface area contributed by atoms with Crippen LogP contribution in [0.1, 0.15) is 38.2 Å². The standard InChI is InChI=1S/C15H23NO/c1-3-16-14-6-4-5-7-15(14)17-13-10-8-12(2)9-11-13/h8-11,14-16H,3-7H2,1-2H3. The van der Waals surface area contributed by atoms with Gasteiger partial charge in [-0.2, -0.15) is 0 Å². The third-order valence-corrected chi connectivity index (χ3v) is 3.48. The van der Waals surface area contributed by atoms with Crippen LogP contribution in [0.15, 0.2) is 24.3 Å². The zero-order chi connectivity index (χ0) is 12.1. The van der Waals surface area contributed by atoms with Crippen LogP contribution < -0.4 is 10.1 Å². The van der Waals surface area contributed by atoms with Gasteiger partial charge in [0.1, 0.15) is 11.9 Å². The predicted octanol–water partition coefficient (Wildman–Crippen LogP) is 3.29. The summed E-state index contributed by atoms with van der Waals surface area (Å²) >= 11 is 0. The van der Waals surface area contributed by atoms with Crippen molar-refractivity contribution in [1.82, 2.24) is 5.32 Å². The van der Waals surface area contributed by atoms with E-state index in [0.717, 1.165) is 12.3 Å². The summed E-state index contributed by atoms with van der Waals surface area (Å²) in [7, 11) is 0. The number of aryl methyl sites for hydroxylation is 1. The van der Waals surface area contributed by atoms with Crippen molar-refractivity contribution in [2.24, 2.45) is 0 Å². The Balaban J connectivity index is 1.97. The summed E-state index contributed by atoms with van der Waals surface area (Å²) < 4.78 is 6.11. The second-order valence-electron chi connectivity index (χ2n) is 4.92.